The Morgan fingerprint density at radius 1 is 1.40 bits per heavy atom. The lowest BCUT2D eigenvalue weighted by Crippen LogP contribution is -2.18. The molecule has 0 aliphatic rings. The number of hydrogen-bond acceptors (Lipinski definition) is 5. The minimum Gasteiger partial charge on any atom is -0.472 e. The number of furan rings is 2. The first-order valence-electron chi connectivity index (χ1n) is 6.04. The smallest absolute Gasteiger partial charge is 0.217 e. The first-order chi connectivity index (χ1) is 9.72. The molecule has 0 aliphatic heterocycles. The number of aromatic nitrogens is 1. The van der Waals surface area contributed by atoms with Crippen LogP contribution in [0, 0.1) is 0 Å². The van der Waals surface area contributed by atoms with Crippen LogP contribution < -0.4 is 5.32 Å². The average Bonchev–Trinajstić information content (AvgIpc) is 3.15. The van der Waals surface area contributed by atoms with Gasteiger partial charge in [0.2, 0.25) is 5.91 Å². The summed E-state index contributed by atoms with van der Waals surface area (Å²) >= 11 is 1.53. The first kappa shape index (κ1) is 12.7. The van der Waals surface area contributed by atoms with Crippen molar-refractivity contribution in [3.05, 3.63) is 41.9 Å². The number of rotatable bonds is 4. The largest absolute Gasteiger partial charge is 0.472 e. The van der Waals surface area contributed by atoms with Crippen LogP contribution in [-0.2, 0) is 11.3 Å². The Kier molecular flexibility index (Phi) is 3.39. The van der Waals surface area contributed by atoms with Gasteiger partial charge in [-0.15, -0.1) is 11.3 Å². The van der Waals surface area contributed by atoms with Crippen molar-refractivity contribution in [1.82, 2.24) is 10.3 Å². The molecule has 0 aromatic carbocycles. The standard InChI is InChI=1S/C14H12N2O3S/c1-9(17)15-6-11-2-3-13(19-11)12-8-20-14(16-12)10-4-5-18-7-10/h2-5,7-8H,6H2,1H3,(H,15,17). The van der Waals surface area contributed by atoms with Gasteiger partial charge >= 0.3 is 0 Å². The van der Waals surface area contributed by atoms with Gasteiger partial charge in [-0.2, -0.15) is 0 Å². The van der Waals surface area contributed by atoms with Crippen LogP contribution in [0.25, 0.3) is 22.0 Å². The molecule has 0 unspecified atom stereocenters. The molecule has 3 rings (SSSR count). The van der Waals surface area contributed by atoms with Crippen molar-refractivity contribution in [2.24, 2.45) is 0 Å². The van der Waals surface area contributed by atoms with Gasteiger partial charge in [0, 0.05) is 17.9 Å². The molecular weight excluding hydrogens is 276 g/mol. The highest BCUT2D eigenvalue weighted by Crippen LogP contribution is 2.29. The van der Waals surface area contributed by atoms with Gasteiger partial charge < -0.3 is 14.2 Å². The molecule has 3 heterocycles. The van der Waals surface area contributed by atoms with Crippen molar-refractivity contribution in [3.8, 4) is 22.0 Å². The second kappa shape index (κ2) is 5.34. The molecule has 5 nitrogen and oxygen atoms in total. The summed E-state index contributed by atoms with van der Waals surface area (Å²) in [6.07, 6.45) is 3.28. The van der Waals surface area contributed by atoms with Gasteiger partial charge in [-0.05, 0) is 18.2 Å². The molecule has 102 valence electrons. The Labute approximate surface area is 119 Å². The zero-order chi connectivity index (χ0) is 13.9. The van der Waals surface area contributed by atoms with Crippen LogP contribution in [0.1, 0.15) is 12.7 Å². The van der Waals surface area contributed by atoms with E-state index < -0.39 is 0 Å². The van der Waals surface area contributed by atoms with E-state index in [9.17, 15) is 4.79 Å². The Morgan fingerprint density at radius 2 is 2.30 bits per heavy atom. The van der Waals surface area contributed by atoms with E-state index >= 15 is 0 Å². The number of carbonyl (C=O) groups excluding carboxylic acids is 1. The van der Waals surface area contributed by atoms with Gasteiger partial charge in [-0.25, -0.2) is 4.98 Å². The van der Waals surface area contributed by atoms with E-state index in [0.29, 0.717) is 18.1 Å². The Bertz CT molecular complexity index is 712. The van der Waals surface area contributed by atoms with E-state index in [1.807, 2.05) is 23.6 Å². The van der Waals surface area contributed by atoms with E-state index in [4.69, 9.17) is 8.83 Å². The summed E-state index contributed by atoms with van der Waals surface area (Å²) in [5.74, 6) is 1.31. The molecule has 0 radical (unpaired) electrons. The fraction of sp³-hybridized carbons (Fsp3) is 0.143. The van der Waals surface area contributed by atoms with Gasteiger partial charge in [0.15, 0.2) is 5.76 Å². The number of carbonyl (C=O) groups is 1. The molecule has 0 fully saturated rings. The second-order valence-electron chi connectivity index (χ2n) is 4.23. The highest BCUT2D eigenvalue weighted by atomic mass is 32.1. The van der Waals surface area contributed by atoms with E-state index in [1.54, 1.807) is 12.5 Å². The first-order valence-corrected chi connectivity index (χ1v) is 6.92. The van der Waals surface area contributed by atoms with E-state index in [-0.39, 0.29) is 5.91 Å². The quantitative estimate of drug-likeness (QED) is 0.799. The molecular formula is C14H12N2O3S. The topological polar surface area (TPSA) is 68.3 Å². The van der Waals surface area contributed by atoms with E-state index in [0.717, 1.165) is 16.3 Å². The van der Waals surface area contributed by atoms with Gasteiger partial charge in [-0.1, -0.05) is 0 Å². The summed E-state index contributed by atoms with van der Waals surface area (Å²) in [6.45, 7) is 1.86. The molecule has 0 spiro atoms. The lowest BCUT2D eigenvalue weighted by molar-refractivity contribution is -0.119. The highest BCUT2D eigenvalue weighted by molar-refractivity contribution is 7.13. The predicted octanol–water partition coefficient (Wildman–Crippen LogP) is 3.30. The fourth-order valence-corrected chi connectivity index (χ4v) is 2.52. The molecule has 6 heteroatoms. The zero-order valence-electron chi connectivity index (χ0n) is 10.8. The predicted molar refractivity (Wildman–Crippen MR) is 75.0 cm³/mol. The monoisotopic (exact) mass is 288 g/mol. The molecule has 20 heavy (non-hydrogen) atoms. The molecule has 0 saturated heterocycles. The summed E-state index contributed by atoms with van der Waals surface area (Å²) in [4.78, 5) is 15.4. The molecule has 0 bridgehead atoms. The molecule has 0 saturated carbocycles. The lowest BCUT2D eigenvalue weighted by atomic mass is 10.3. The van der Waals surface area contributed by atoms with Gasteiger partial charge in [-0.3, -0.25) is 4.79 Å². The van der Waals surface area contributed by atoms with Crippen molar-refractivity contribution in [2.45, 2.75) is 13.5 Å². The van der Waals surface area contributed by atoms with Crippen molar-refractivity contribution in [1.29, 1.82) is 0 Å². The summed E-state index contributed by atoms with van der Waals surface area (Å²) in [5.41, 5.74) is 1.73. The number of nitrogens with one attached hydrogen (secondary N) is 1. The molecule has 1 amide bonds. The Morgan fingerprint density at radius 3 is 3.05 bits per heavy atom. The Hall–Kier alpha value is -2.34. The summed E-state index contributed by atoms with van der Waals surface area (Å²) in [7, 11) is 0. The maximum absolute atomic E-state index is 10.9. The maximum atomic E-state index is 10.9. The van der Waals surface area contributed by atoms with Crippen LogP contribution in [0.3, 0.4) is 0 Å². The van der Waals surface area contributed by atoms with Crippen LogP contribution in [0.5, 0.6) is 0 Å². The Balaban J connectivity index is 1.78. The minimum atomic E-state index is -0.0844. The van der Waals surface area contributed by atoms with E-state index in [1.165, 1.54) is 18.3 Å². The highest BCUT2D eigenvalue weighted by Gasteiger charge is 2.11. The van der Waals surface area contributed by atoms with Crippen LogP contribution in [0.2, 0.25) is 0 Å². The van der Waals surface area contributed by atoms with Crippen LogP contribution in [0.4, 0.5) is 0 Å². The summed E-state index contributed by atoms with van der Waals surface area (Å²) < 4.78 is 10.7. The molecule has 3 aromatic rings. The van der Waals surface area contributed by atoms with E-state index in [2.05, 4.69) is 10.3 Å². The van der Waals surface area contributed by atoms with Crippen molar-refractivity contribution in [2.75, 3.05) is 0 Å². The molecule has 0 atom stereocenters. The molecule has 0 aliphatic carbocycles. The molecule has 1 N–H and O–H groups in total. The van der Waals surface area contributed by atoms with Gasteiger partial charge in [0.25, 0.3) is 0 Å². The van der Waals surface area contributed by atoms with Crippen LogP contribution in [0.15, 0.2) is 44.9 Å². The SMILES string of the molecule is CC(=O)NCc1ccc(-c2csc(-c3ccoc3)n2)o1. The fourth-order valence-electron chi connectivity index (χ4n) is 1.73. The summed E-state index contributed by atoms with van der Waals surface area (Å²) in [5, 5.41) is 5.51. The minimum absolute atomic E-state index is 0.0844. The average molecular weight is 288 g/mol. The van der Waals surface area contributed by atoms with Crippen molar-refractivity contribution >= 4 is 17.2 Å². The van der Waals surface area contributed by atoms with Crippen LogP contribution in [-0.4, -0.2) is 10.9 Å². The second-order valence-corrected chi connectivity index (χ2v) is 5.08. The number of nitrogens with zero attached hydrogens (tertiary/aromatic N) is 1. The van der Waals surface area contributed by atoms with Crippen molar-refractivity contribution in [3.63, 3.8) is 0 Å². The molecule has 3 aromatic heterocycles. The third-order valence-electron chi connectivity index (χ3n) is 2.70. The number of amides is 1. The lowest BCUT2D eigenvalue weighted by Gasteiger charge is -1.97. The number of thiazole rings is 1. The van der Waals surface area contributed by atoms with Crippen LogP contribution >= 0.6 is 11.3 Å². The van der Waals surface area contributed by atoms with Gasteiger partial charge in [0.1, 0.15) is 22.7 Å². The maximum Gasteiger partial charge on any atom is 0.217 e. The normalized spacial score (nSPS) is 10.7. The van der Waals surface area contributed by atoms with Gasteiger partial charge in [0.05, 0.1) is 12.8 Å². The number of hydrogen-bond donors (Lipinski definition) is 1. The van der Waals surface area contributed by atoms with Crippen molar-refractivity contribution < 1.29 is 13.6 Å². The summed E-state index contributed by atoms with van der Waals surface area (Å²) in [6, 6.07) is 5.56. The third kappa shape index (κ3) is 2.65. The third-order valence-corrected chi connectivity index (χ3v) is 3.59. The zero-order valence-corrected chi connectivity index (χ0v) is 11.6.